The number of rotatable bonds is 6. The van der Waals surface area contributed by atoms with Gasteiger partial charge in [0, 0.05) is 31.7 Å². The summed E-state index contributed by atoms with van der Waals surface area (Å²) >= 11 is 0. The Morgan fingerprint density at radius 3 is 2.83 bits per heavy atom. The first kappa shape index (κ1) is 16.5. The molecule has 3 atom stereocenters. The van der Waals surface area contributed by atoms with Crippen LogP contribution in [-0.4, -0.2) is 49.9 Å². The summed E-state index contributed by atoms with van der Waals surface area (Å²) in [5.74, 6) is 1.71. The molecule has 3 unspecified atom stereocenters. The Balaban J connectivity index is 1.61. The lowest BCUT2D eigenvalue weighted by atomic mass is 9.94. The molecule has 1 aliphatic heterocycles. The molecule has 5 nitrogen and oxygen atoms in total. The minimum atomic E-state index is 0.492. The maximum absolute atomic E-state index is 5.65. The van der Waals surface area contributed by atoms with Crippen LogP contribution in [0.2, 0.25) is 0 Å². The molecule has 1 aromatic rings. The van der Waals surface area contributed by atoms with Crippen molar-refractivity contribution < 1.29 is 4.74 Å². The smallest absolute Gasteiger partial charge is 0.128 e. The van der Waals surface area contributed by atoms with Gasteiger partial charge >= 0.3 is 0 Å². The number of ether oxygens (including phenoxy) is 1. The van der Waals surface area contributed by atoms with Crippen LogP contribution in [0.1, 0.15) is 33.1 Å². The molecule has 2 N–H and O–H groups in total. The summed E-state index contributed by atoms with van der Waals surface area (Å²) in [5, 5.41) is 7.34. The predicted molar refractivity (Wildman–Crippen MR) is 95.2 cm³/mol. The Labute approximate surface area is 139 Å². The Morgan fingerprint density at radius 1 is 1.30 bits per heavy atom. The molecule has 0 bridgehead atoms. The van der Waals surface area contributed by atoms with Gasteiger partial charge in [0.2, 0.25) is 0 Å². The Morgan fingerprint density at radius 2 is 2.17 bits per heavy atom. The zero-order valence-corrected chi connectivity index (χ0v) is 14.4. The Bertz CT molecular complexity index is 468. The molecule has 2 fully saturated rings. The highest BCUT2D eigenvalue weighted by Crippen LogP contribution is 2.32. The largest absolute Gasteiger partial charge is 0.381 e. The molecule has 2 aliphatic rings. The number of hydrogen-bond donors (Lipinski definition) is 2. The van der Waals surface area contributed by atoms with Crippen molar-refractivity contribution in [2.24, 2.45) is 5.92 Å². The number of aromatic nitrogens is 1. The first-order valence-corrected chi connectivity index (χ1v) is 9.10. The fourth-order valence-corrected chi connectivity index (χ4v) is 3.93. The minimum Gasteiger partial charge on any atom is -0.381 e. The zero-order valence-electron chi connectivity index (χ0n) is 14.4. The van der Waals surface area contributed by atoms with Gasteiger partial charge in [-0.05, 0) is 44.7 Å². The third kappa shape index (κ3) is 3.96. The van der Waals surface area contributed by atoms with E-state index in [9.17, 15) is 0 Å². The van der Waals surface area contributed by atoms with E-state index in [1.807, 2.05) is 6.20 Å². The second-order valence-corrected chi connectivity index (χ2v) is 6.56. The van der Waals surface area contributed by atoms with Gasteiger partial charge < -0.3 is 20.3 Å². The average Bonchev–Trinajstić information content (AvgIpc) is 3.06. The minimum absolute atomic E-state index is 0.492. The molecule has 1 aliphatic carbocycles. The van der Waals surface area contributed by atoms with E-state index in [1.165, 1.54) is 19.3 Å². The van der Waals surface area contributed by atoms with E-state index in [4.69, 9.17) is 4.74 Å². The summed E-state index contributed by atoms with van der Waals surface area (Å²) in [6.45, 7) is 9.00. The van der Waals surface area contributed by atoms with Gasteiger partial charge in [0.25, 0.3) is 0 Å². The van der Waals surface area contributed by atoms with Crippen LogP contribution in [0.3, 0.4) is 0 Å². The molecule has 1 saturated carbocycles. The highest BCUT2D eigenvalue weighted by molar-refractivity contribution is 5.49. The van der Waals surface area contributed by atoms with E-state index < -0.39 is 0 Å². The van der Waals surface area contributed by atoms with Crippen molar-refractivity contribution in [3.05, 3.63) is 18.3 Å². The number of nitrogens with one attached hydrogen (secondary N) is 2. The van der Waals surface area contributed by atoms with Gasteiger partial charge in [0.1, 0.15) is 5.82 Å². The number of pyridine rings is 1. The van der Waals surface area contributed by atoms with Crippen LogP contribution in [-0.2, 0) is 4.74 Å². The molecule has 2 heterocycles. The van der Waals surface area contributed by atoms with Crippen molar-refractivity contribution in [2.75, 3.05) is 43.1 Å². The standard InChI is InChI=1S/C18H30N4O/c1-3-22(4-2)18-9-8-14(12-20-18)21-16-7-5-6-15(16)17-13-23-11-10-19-17/h8-9,12,15-17,19,21H,3-7,10-11,13H2,1-2H3. The summed E-state index contributed by atoms with van der Waals surface area (Å²) in [6.07, 6.45) is 5.80. The molecule has 128 valence electrons. The van der Waals surface area contributed by atoms with Gasteiger partial charge in [-0.25, -0.2) is 4.98 Å². The summed E-state index contributed by atoms with van der Waals surface area (Å²) in [5.41, 5.74) is 1.13. The predicted octanol–water partition coefficient (Wildman–Crippen LogP) is 2.50. The van der Waals surface area contributed by atoms with Crippen molar-refractivity contribution in [1.82, 2.24) is 10.3 Å². The van der Waals surface area contributed by atoms with E-state index in [0.29, 0.717) is 18.0 Å². The summed E-state index contributed by atoms with van der Waals surface area (Å²) in [4.78, 5) is 6.89. The van der Waals surface area contributed by atoms with Gasteiger partial charge in [0.05, 0.1) is 25.1 Å². The number of nitrogens with zero attached hydrogens (tertiary/aromatic N) is 2. The number of hydrogen-bond acceptors (Lipinski definition) is 5. The summed E-state index contributed by atoms with van der Waals surface area (Å²) in [6, 6.07) is 5.31. The fourth-order valence-electron chi connectivity index (χ4n) is 3.93. The van der Waals surface area contributed by atoms with Gasteiger partial charge in [-0.2, -0.15) is 0 Å². The van der Waals surface area contributed by atoms with Crippen LogP contribution < -0.4 is 15.5 Å². The van der Waals surface area contributed by atoms with E-state index in [1.54, 1.807) is 0 Å². The lowest BCUT2D eigenvalue weighted by Gasteiger charge is -2.33. The Hall–Kier alpha value is -1.33. The van der Waals surface area contributed by atoms with Crippen molar-refractivity contribution in [3.63, 3.8) is 0 Å². The van der Waals surface area contributed by atoms with Crippen LogP contribution in [0.5, 0.6) is 0 Å². The topological polar surface area (TPSA) is 49.4 Å². The molecule has 5 heteroatoms. The van der Waals surface area contributed by atoms with E-state index >= 15 is 0 Å². The molecule has 1 aromatic heterocycles. The third-order valence-corrected chi connectivity index (χ3v) is 5.22. The SMILES string of the molecule is CCN(CC)c1ccc(NC2CCCC2C2COCCN2)cn1. The van der Waals surface area contributed by atoms with Gasteiger partial charge in [-0.1, -0.05) is 6.42 Å². The number of anilines is 2. The quantitative estimate of drug-likeness (QED) is 0.844. The fraction of sp³-hybridized carbons (Fsp3) is 0.722. The molecular formula is C18H30N4O. The zero-order chi connectivity index (χ0) is 16.1. The van der Waals surface area contributed by atoms with E-state index in [0.717, 1.165) is 44.4 Å². The van der Waals surface area contributed by atoms with Crippen LogP contribution >= 0.6 is 0 Å². The molecule has 23 heavy (non-hydrogen) atoms. The third-order valence-electron chi connectivity index (χ3n) is 5.22. The molecule has 1 saturated heterocycles. The Kier molecular flexibility index (Phi) is 5.73. The summed E-state index contributed by atoms with van der Waals surface area (Å²) < 4.78 is 5.65. The highest BCUT2D eigenvalue weighted by Gasteiger charge is 2.34. The van der Waals surface area contributed by atoms with Crippen molar-refractivity contribution in [2.45, 2.75) is 45.2 Å². The van der Waals surface area contributed by atoms with E-state index in [-0.39, 0.29) is 0 Å². The first-order valence-electron chi connectivity index (χ1n) is 9.10. The molecule has 0 radical (unpaired) electrons. The van der Waals surface area contributed by atoms with Gasteiger partial charge in [-0.3, -0.25) is 0 Å². The number of morpholine rings is 1. The van der Waals surface area contributed by atoms with Crippen molar-refractivity contribution in [3.8, 4) is 0 Å². The van der Waals surface area contributed by atoms with Gasteiger partial charge in [-0.15, -0.1) is 0 Å². The van der Waals surface area contributed by atoms with E-state index in [2.05, 4.69) is 46.5 Å². The summed E-state index contributed by atoms with van der Waals surface area (Å²) in [7, 11) is 0. The van der Waals surface area contributed by atoms with Crippen LogP contribution in [0.25, 0.3) is 0 Å². The second-order valence-electron chi connectivity index (χ2n) is 6.56. The van der Waals surface area contributed by atoms with Crippen molar-refractivity contribution >= 4 is 11.5 Å². The van der Waals surface area contributed by atoms with Crippen molar-refractivity contribution in [1.29, 1.82) is 0 Å². The monoisotopic (exact) mass is 318 g/mol. The second kappa shape index (κ2) is 7.97. The van der Waals surface area contributed by atoms with Crippen LogP contribution in [0.15, 0.2) is 18.3 Å². The lowest BCUT2D eigenvalue weighted by molar-refractivity contribution is 0.0559. The lowest BCUT2D eigenvalue weighted by Crippen LogP contribution is -2.49. The highest BCUT2D eigenvalue weighted by atomic mass is 16.5. The van der Waals surface area contributed by atoms with Gasteiger partial charge in [0.15, 0.2) is 0 Å². The van der Waals surface area contributed by atoms with Crippen LogP contribution in [0.4, 0.5) is 11.5 Å². The molecule has 3 rings (SSSR count). The van der Waals surface area contributed by atoms with Crippen LogP contribution in [0, 0.1) is 5.92 Å². The maximum Gasteiger partial charge on any atom is 0.128 e. The molecule has 0 spiro atoms. The molecular weight excluding hydrogens is 288 g/mol. The molecule has 0 aromatic carbocycles. The maximum atomic E-state index is 5.65. The molecule has 0 amide bonds. The first-order chi connectivity index (χ1) is 11.3. The normalized spacial score (nSPS) is 27.8. The average molecular weight is 318 g/mol.